The molecule has 100 valence electrons. The number of hydrogen-bond acceptors (Lipinski definition) is 4. The third kappa shape index (κ3) is 4.73. The molecule has 4 heteroatoms. The Morgan fingerprint density at radius 1 is 1.50 bits per heavy atom. The molecule has 1 unspecified atom stereocenters. The van der Waals surface area contributed by atoms with Gasteiger partial charge in [-0.25, -0.2) is 9.78 Å². The van der Waals surface area contributed by atoms with Gasteiger partial charge in [-0.1, -0.05) is 33.1 Å². The summed E-state index contributed by atoms with van der Waals surface area (Å²) in [6.07, 6.45) is 6.01. The van der Waals surface area contributed by atoms with E-state index in [2.05, 4.69) is 18.8 Å². The van der Waals surface area contributed by atoms with E-state index in [0.717, 1.165) is 12.8 Å². The molecule has 0 radical (unpaired) electrons. The molecule has 1 heterocycles. The minimum atomic E-state index is -0.320. The van der Waals surface area contributed by atoms with Crippen LogP contribution < -0.4 is 5.73 Å². The molecule has 0 aromatic carbocycles. The van der Waals surface area contributed by atoms with Gasteiger partial charge in [0.2, 0.25) is 0 Å². The molecule has 0 bridgehead atoms. The summed E-state index contributed by atoms with van der Waals surface area (Å²) in [5.74, 6) is 0.467. The Bertz CT molecular complexity index is 380. The second-order valence-corrected chi connectivity index (χ2v) is 4.48. The molecular weight excluding hydrogens is 228 g/mol. The quantitative estimate of drug-likeness (QED) is 0.755. The maximum absolute atomic E-state index is 11.8. The second kappa shape index (κ2) is 7.69. The number of carbonyl (C=O) groups excluding carboxylic acids is 1. The number of pyridine rings is 1. The van der Waals surface area contributed by atoms with E-state index in [4.69, 9.17) is 10.5 Å². The molecule has 2 N–H and O–H groups in total. The number of nitrogen functional groups attached to an aromatic ring is 1. The number of ether oxygens (including phenoxy) is 1. The SMILES string of the molecule is CCCCC(CC)COC(=O)c1ccnc(N)c1. The largest absolute Gasteiger partial charge is 0.462 e. The molecule has 1 aromatic heterocycles. The Morgan fingerprint density at radius 3 is 2.89 bits per heavy atom. The van der Waals surface area contributed by atoms with Crippen molar-refractivity contribution in [2.75, 3.05) is 12.3 Å². The zero-order chi connectivity index (χ0) is 13.4. The molecule has 0 spiro atoms. The van der Waals surface area contributed by atoms with Gasteiger partial charge in [0.1, 0.15) is 5.82 Å². The summed E-state index contributed by atoms with van der Waals surface area (Å²) in [5, 5.41) is 0. The third-order valence-electron chi connectivity index (χ3n) is 3.01. The smallest absolute Gasteiger partial charge is 0.338 e. The average molecular weight is 250 g/mol. The van der Waals surface area contributed by atoms with Gasteiger partial charge >= 0.3 is 5.97 Å². The van der Waals surface area contributed by atoms with Gasteiger partial charge in [-0.15, -0.1) is 0 Å². The number of anilines is 1. The van der Waals surface area contributed by atoms with Crippen LogP contribution in [0.1, 0.15) is 49.9 Å². The van der Waals surface area contributed by atoms with E-state index >= 15 is 0 Å². The summed E-state index contributed by atoms with van der Waals surface area (Å²) >= 11 is 0. The number of nitrogens with zero attached hydrogens (tertiary/aromatic N) is 1. The van der Waals surface area contributed by atoms with E-state index in [-0.39, 0.29) is 5.97 Å². The minimum absolute atomic E-state index is 0.320. The number of nitrogens with two attached hydrogens (primary N) is 1. The lowest BCUT2D eigenvalue weighted by atomic mass is 10.0. The van der Waals surface area contributed by atoms with Crippen molar-refractivity contribution in [1.29, 1.82) is 0 Å². The highest BCUT2D eigenvalue weighted by Gasteiger charge is 2.12. The van der Waals surface area contributed by atoms with E-state index < -0.39 is 0 Å². The van der Waals surface area contributed by atoms with Gasteiger partial charge in [-0.3, -0.25) is 0 Å². The van der Waals surface area contributed by atoms with Crippen molar-refractivity contribution in [3.05, 3.63) is 23.9 Å². The molecule has 0 fully saturated rings. The first-order valence-electron chi connectivity index (χ1n) is 6.56. The van der Waals surface area contributed by atoms with Crippen molar-refractivity contribution in [3.63, 3.8) is 0 Å². The maximum atomic E-state index is 11.8. The van der Waals surface area contributed by atoms with Crippen LogP contribution in [0, 0.1) is 5.92 Å². The number of carbonyl (C=O) groups is 1. The van der Waals surface area contributed by atoms with Crippen LogP contribution in [0.3, 0.4) is 0 Å². The fourth-order valence-corrected chi connectivity index (χ4v) is 1.75. The summed E-state index contributed by atoms with van der Waals surface area (Å²) in [6, 6.07) is 3.15. The summed E-state index contributed by atoms with van der Waals surface area (Å²) in [5.41, 5.74) is 5.99. The third-order valence-corrected chi connectivity index (χ3v) is 3.01. The van der Waals surface area contributed by atoms with Crippen LogP contribution >= 0.6 is 0 Å². The van der Waals surface area contributed by atoms with Gasteiger partial charge in [-0.2, -0.15) is 0 Å². The summed E-state index contributed by atoms with van der Waals surface area (Å²) in [7, 11) is 0. The van der Waals surface area contributed by atoms with E-state index in [9.17, 15) is 4.79 Å². The van der Waals surface area contributed by atoms with Gasteiger partial charge in [0.05, 0.1) is 12.2 Å². The lowest BCUT2D eigenvalue weighted by Crippen LogP contribution is -2.14. The summed E-state index contributed by atoms with van der Waals surface area (Å²) in [4.78, 5) is 15.6. The van der Waals surface area contributed by atoms with Crippen LogP contribution in [0.15, 0.2) is 18.3 Å². The summed E-state index contributed by atoms with van der Waals surface area (Å²) < 4.78 is 5.31. The monoisotopic (exact) mass is 250 g/mol. The van der Waals surface area contributed by atoms with Crippen LogP contribution in [-0.2, 0) is 4.74 Å². The molecule has 4 nitrogen and oxygen atoms in total. The molecule has 1 atom stereocenters. The van der Waals surface area contributed by atoms with E-state index in [1.54, 1.807) is 6.07 Å². The normalized spacial score (nSPS) is 12.1. The van der Waals surface area contributed by atoms with Gasteiger partial charge < -0.3 is 10.5 Å². The van der Waals surface area contributed by atoms with Crippen LogP contribution in [0.2, 0.25) is 0 Å². The fraction of sp³-hybridized carbons (Fsp3) is 0.571. The van der Waals surface area contributed by atoms with Crippen LogP contribution in [0.4, 0.5) is 5.82 Å². The molecule has 0 aliphatic rings. The Labute approximate surface area is 109 Å². The highest BCUT2D eigenvalue weighted by Crippen LogP contribution is 2.14. The number of rotatable bonds is 7. The lowest BCUT2D eigenvalue weighted by Gasteiger charge is -2.14. The number of unbranched alkanes of at least 4 members (excludes halogenated alkanes) is 1. The predicted molar refractivity (Wildman–Crippen MR) is 72.2 cm³/mol. The van der Waals surface area contributed by atoms with Crippen LogP contribution in [-0.4, -0.2) is 17.6 Å². The Morgan fingerprint density at radius 2 is 2.28 bits per heavy atom. The van der Waals surface area contributed by atoms with Crippen molar-refractivity contribution < 1.29 is 9.53 Å². The van der Waals surface area contributed by atoms with Crippen molar-refractivity contribution in [3.8, 4) is 0 Å². The standard InChI is InChI=1S/C14H22N2O2/c1-3-5-6-11(4-2)10-18-14(17)12-7-8-16-13(15)9-12/h7-9,11H,3-6,10H2,1-2H3,(H2,15,16). The topological polar surface area (TPSA) is 65.2 Å². The van der Waals surface area contributed by atoms with Crippen molar-refractivity contribution in [2.45, 2.75) is 39.5 Å². The number of hydrogen-bond donors (Lipinski definition) is 1. The van der Waals surface area contributed by atoms with Gasteiger partial charge in [-0.05, 0) is 24.5 Å². The van der Waals surface area contributed by atoms with E-state index in [1.807, 2.05) is 0 Å². The predicted octanol–water partition coefficient (Wildman–Crippen LogP) is 3.04. The van der Waals surface area contributed by atoms with E-state index in [0.29, 0.717) is 23.9 Å². The average Bonchev–Trinajstić information content (AvgIpc) is 2.38. The molecule has 18 heavy (non-hydrogen) atoms. The van der Waals surface area contributed by atoms with Gasteiger partial charge in [0.25, 0.3) is 0 Å². The molecule has 0 aliphatic carbocycles. The van der Waals surface area contributed by atoms with Crippen LogP contribution in [0.25, 0.3) is 0 Å². The molecule has 0 amide bonds. The zero-order valence-electron chi connectivity index (χ0n) is 11.2. The Hall–Kier alpha value is -1.58. The molecule has 0 saturated heterocycles. The molecule has 0 saturated carbocycles. The first-order chi connectivity index (χ1) is 8.67. The van der Waals surface area contributed by atoms with Gasteiger partial charge in [0, 0.05) is 6.20 Å². The van der Waals surface area contributed by atoms with E-state index in [1.165, 1.54) is 25.1 Å². The van der Waals surface area contributed by atoms with Crippen LogP contribution in [0.5, 0.6) is 0 Å². The molecule has 1 rings (SSSR count). The second-order valence-electron chi connectivity index (χ2n) is 4.48. The number of aromatic nitrogens is 1. The van der Waals surface area contributed by atoms with Gasteiger partial charge in [0.15, 0.2) is 0 Å². The van der Waals surface area contributed by atoms with Crippen molar-refractivity contribution in [2.24, 2.45) is 5.92 Å². The summed E-state index contributed by atoms with van der Waals surface area (Å²) in [6.45, 7) is 4.77. The molecular formula is C14H22N2O2. The first kappa shape index (κ1) is 14.5. The molecule has 1 aromatic rings. The Balaban J connectivity index is 2.44. The van der Waals surface area contributed by atoms with Crippen molar-refractivity contribution >= 4 is 11.8 Å². The zero-order valence-corrected chi connectivity index (χ0v) is 11.2. The minimum Gasteiger partial charge on any atom is -0.462 e. The fourth-order valence-electron chi connectivity index (χ4n) is 1.75. The first-order valence-corrected chi connectivity index (χ1v) is 6.56. The highest BCUT2D eigenvalue weighted by atomic mass is 16.5. The number of esters is 1. The van der Waals surface area contributed by atoms with Crippen molar-refractivity contribution in [1.82, 2.24) is 4.98 Å². The maximum Gasteiger partial charge on any atom is 0.338 e. The molecule has 0 aliphatic heterocycles. The lowest BCUT2D eigenvalue weighted by molar-refractivity contribution is 0.0428. The Kier molecular flexibility index (Phi) is 6.19. The highest BCUT2D eigenvalue weighted by molar-refractivity contribution is 5.89.